The van der Waals surface area contributed by atoms with Gasteiger partial charge in [0.25, 0.3) is 0 Å². The molecule has 1 aromatic rings. The average Bonchev–Trinajstić information content (AvgIpc) is 2.58. The van der Waals surface area contributed by atoms with Crippen LogP contribution in [0.5, 0.6) is 0 Å². The normalized spacial score (nSPS) is 21.3. The number of nitrogens with zero attached hydrogens (tertiary/aromatic N) is 4. The third-order valence-corrected chi connectivity index (χ3v) is 2.13. The Labute approximate surface area is 87.3 Å². The third kappa shape index (κ3) is 1.71. The average molecular weight is 207 g/mol. The first-order valence-electron chi connectivity index (χ1n) is 4.56. The Kier molecular flexibility index (Phi) is 2.20. The van der Waals surface area contributed by atoms with Crippen LogP contribution in [0.1, 0.15) is 6.92 Å². The van der Waals surface area contributed by atoms with Crippen molar-refractivity contribution in [3.05, 3.63) is 24.2 Å². The number of anilines is 1. The van der Waals surface area contributed by atoms with Gasteiger partial charge in [0.15, 0.2) is 6.23 Å². The molecule has 0 radical (unpaired) electrons. The lowest BCUT2D eigenvalue weighted by molar-refractivity contribution is 0.202. The molecule has 1 unspecified atom stereocenters. The van der Waals surface area contributed by atoms with Gasteiger partial charge < -0.3 is 10.8 Å². The number of hydrogen-bond acceptors (Lipinski definition) is 5. The molecule has 0 spiro atoms. The fraction of sp³-hybridized carbons (Fsp3) is 0.333. The number of aryl methyl sites for hydroxylation is 1. The lowest BCUT2D eigenvalue weighted by atomic mass is 10.2. The maximum atomic E-state index is 9.81. The first-order valence-corrected chi connectivity index (χ1v) is 4.56. The summed E-state index contributed by atoms with van der Waals surface area (Å²) in [5.74, 6) is 0. The van der Waals surface area contributed by atoms with Crippen LogP contribution in [0, 0.1) is 0 Å². The van der Waals surface area contributed by atoms with Gasteiger partial charge in [-0.1, -0.05) is 0 Å². The van der Waals surface area contributed by atoms with Crippen molar-refractivity contribution in [2.75, 3.05) is 5.01 Å². The molecule has 2 heterocycles. The Morgan fingerprint density at radius 3 is 2.87 bits per heavy atom. The summed E-state index contributed by atoms with van der Waals surface area (Å²) in [5, 5.41) is 19.4. The molecule has 15 heavy (non-hydrogen) atoms. The van der Waals surface area contributed by atoms with Crippen molar-refractivity contribution in [3.63, 3.8) is 0 Å². The monoisotopic (exact) mass is 207 g/mol. The number of allylic oxidation sites excluding steroid dienone is 1. The van der Waals surface area contributed by atoms with Gasteiger partial charge in [-0.05, 0) is 13.0 Å². The number of aromatic nitrogens is 2. The van der Waals surface area contributed by atoms with Gasteiger partial charge >= 0.3 is 0 Å². The van der Waals surface area contributed by atoms with Gasteiger partial charge in [-0.25, -0.2) is 5.01 Å². The number of nitrogens with two attached hydrogens (primary N) is 1. The number of rotatable bonds is 1. The molecule has 0 saturated carbocycles. The molecular formula is C9H13N5O. The second kappa shape index (κ2) is 3.39. The Hall–Kier alpha value is -1.82. The SMILES string of the molecule is CC1=NN(c2cnn(C)c2)C(O)C(N)=C1. The molecular weight excluding hydrogens is 194 g/mol. The summed E-state index contributed by atoms with van der Waals surface area (Å²) in [5.41, 5.74) is 7.51. The van der Waals surface area contributed by atoms with E-state index in [1.54, 1.807) is 30.2 Å². The fourth-order valence-corrected chi connectivity index (χ4v) is 1.44. The molecule has 0 saturated heterocycles. The topological polar surface area (TPSA) is 79.7 Å². The Balaban J connectivity index is 2.35. The fourth-order valence-electron chi connectivity index (χ4n) is 1.44. The highest BCUT2D eigenvalue weighted by molar-refractivity contribution is 5.95. The maximum Gasteiger partial charge on any atom is 0.188 e. The van der Waals surface area contributed by atoms with Gasteiger partial charge in [0.05, 0.1) is 17.6 Å². The molecule has 1 aliphatic rings. The van der Waals surface area contributed by atoms with E-state index in [1.165, 1.54) is 5.01 Å². The lowest BCUT2D eigenvalue weighted by Crippen LogP contribution is -2.38. The molecule has 3 N–H and O–H groups in total. The van der Waals surface area contributed by atoms with E-state index in [4.69, 9.17) is 5.73 Å². The van der Waals surface area contributed by atoms with Crippen molar-refractivity contribution in [2.24, 2.45) is 17.9 Å². The third-order valence-electron chi connectivity index (χ3n) is 2.13. The number of hydrogen-bond donors (Lipinski definition) is 2. The standard InChI is InChI=1S/C9H13N5O/c1-6-3-8(10)9(15)14(12-6)7-4-11-13(2)5-7/h3-5,9,15H,10H2,1-2H3. The second-order valence-electron chi connectivity index (χ2n) is 3.48. The summed E-state index contributed by atoms with van der Waals surface area (Å²) in [6.07, 6.45) is 4.12. The zero-order valence-electron chi connectivity index (χ0n) is 8.62. The van der Waals surface area contributed by atoms with Gasteiger partial charge in [-0.2, -0.15) is 10.2 Å². The zero-order chi connectivity index (χ0) is 11.0. The summed E-state index contributed by atoms with van der Waals surface area (Å²) in [4.78, 5) is 0. The van der Waals surface area contributed by atoms with Crippen LogP contribution in [0.3, 0.4) is 0 Å². The van der Waals surface area contributed by atoms with E-state index in [9.17, 15) is 5.11 Å². The van der Waals surface area contributed by atoms with Crippen LogP contribution in [0.25, 0.3) is 0 Å². The van der Waals surface area contributed by atoms with E-state index >= 15 is 0 Å². The van der Waals surface area contributed by atoms with Crippen molar-refractivity contribution in [3.8, 4) is 0 Å². The molecule has 1 atom stereocenters. The van der Waals surface area contributed by atoms with E-state index in [0.717, 1.165) is 5.71 Å². The van der Waals surface area contributed by atoms with E-state index in [-0.39, 0.29) is 0 Å². The van der Waals surface area contributed by atoms with Crippen molar-refractivity contribution in [2.45, 2.75) is 13.2 Å². The smallest absolute Gasteiger partial charge is 0.188 e. The van der Waals surface area contributed by atoms with Crippen LogP contribution in [0.2, 0.25) is 0 Å². The molecule has 2 rings (SSSR count). The largest absolute Gasteiger partial charge is 0.398 e. The molecule has 0 aliphatic carbocycles. The minimum absolute atomic E-state index is 0.381. The van der Waals surface area contributed by atoms with Crippen LogP contribution in [0.4, 0.5) is 5.69 Å². The number of hydrazone groups is 1. The van der Waals surface area contributed by atoms with Gasteiger partial charge in [0, 0.05) is 13.2 Å². The first kappa shape index (κ1) is 9.72. The Morgan fingerprint density at radius 1 is 1.53 bits per heavy atom. The molecule has 1 aromatic heterocycles. The minimum atomic E-state index is -0.919. The quantitative estimate of drug-likeness (QED) is 0.667. The molecule has 0 fully saturated rings. The maximum absolute atomic E-state index is 9.81. The van der Waals surface area contributed by atoms with Crippen molar-refractivity contribution < 1.29 is 5.11 Å². The number of aliphatic hydroxyl groups is 1. The molecule has 1 aliphatic heterocycles. The van der Waals surface area contributed by atoms with Crippen LogP contribution < -0.4 is 10.7 Å². The summed E-state index contributed by atoms with van der Waals surface area (Å²) in [7, 11) is 1.80. The predicted octanol–water partition coefficient (Wildman–Crippen LogP) is -0.223. The zero-order valence-corrected chi connectivity index (χ0v) is 8.62. The Bertz CT molecular complexity index is 433. The summed E-state index contributed by atoms with van der Waals surface area (Å²) in [6, 6.07) is 0. The molecule has 0 amide bonds. The Morgan fingerprint density at radius 2 is 2.27 bits per heavy atom. The highest BCUT2D eigenvalue weighted by Crippen LogP contribution is 2.20. The van der Waals surface area contributed by atoms with Crippen molar-refractivity contribution >= 4 is 11.4 Å². The van der Waals surface area contributed by atoms with E-state index in [2.05, 4.69) is 10.2 Å². The van der Waals surface area contributed by atoms with E-state index in [1.807, 2.05) is 6.92 Å². The second-order valence-corrected chi connectivity index (χ2v) is 3.48. The van der Waals surface area contributed by atoms with Crippen LogP contribution in [-0.2, 0) is 7.05 Å². The lowest BCUT2D eigenvalue weighted by Gasteiger charge is -2.27. The van der Waals surface area contributed by atoms with Crippen LogP contribution in [-0.4, -0.2) is 26.8 Å². The summed E-state index contributed by atoms with van der Waals surface area (Å²) < 4.78 is 1.64. The van der Waals surface area contributed by atoms with Crippen LogP contribution >= 0.6 is 0 Å². The van der Waals surface area contributed by atoms with Gasteiger partial charge in [0.2, 0.25) is 0 Å². The first-order chi connectivity index (χ1) is 7.08. The minimum Gasteiger partial charge on any atom is -0.398 e. The number of aliphatic hydroxyl groups excluding tert-OH is 1. The van der Waals surface area contributed by atoms with E-state index < -0.39 is 6.23 Å². The summed E-state index contributed by atoms with van der Waals surface area (Å²) in [6.45, 7) is 1.82. The van der Waals surface area contributed by atoms with Crippen molar-refractivity contribution in [1.82, 2.24) is 9.78 Å². The molecule has 6 heteroatoms. The molecule has 6 nitrogen and oxygen atoms in total. The van der Waals surface area contributed by atoms with Crippen molar-refractivity contribution in [1.29, 1.82) is 0 Å². The molecule has 0 bridgehead atoms. The van der Waals surface area contributed by atoms with Gasteiger partial charge in [-0.3, -0.25) is 4.68 Å². The summed E-state index contributed by atoms with van der Waals surface area (Å²) >= 11 is 0. The van der Waals surface area contributed by atoms with E-state index in [0.29, 0.717) is 11.4 Å². The molecule has 0 aromatic carbocycles. The highest BCUT2D eigenvalue weighted by atomic mass is 16.3. The highest BCUT2D eigenvalue weighted by Gasteiger charge is 2.22. The predicted molar refractivity (Wildman–Crippen MR) is 57.1 cm³/mol. The van der Waals surface area contributed by atoms with Crippen LogP contribution in [0.15, 0.2) is 29.3 Å². The molecule has 80 valence electrons. The van der Waals surface area contributed by atoms with Gasteiger partial charge in [-0.15, -0.1) is 0 Å². The van der Waals surface area contributed by atoms with Gasteiger partial charge in [0.1, 0.15) is 5.69 Å².